The van der Waals surface area contributed by atoms with Crippen molar-refractivity contribution in [2.45, 2.75) is 111 Å². The topological polar surface area (TPSA) is 169 Å². The van der Waals surface area contributed by atoms with Crippen molar-refractivity contribution >= 4 is 29.8 Å². The maximum Gasteiger partial charge on any atom is 0.409 e. The summed E-state index contributed by atoms with van der Waals surface area (Å²) in [5.41, 5.74) is -1.43. The van der Waals surface area contributed by atoms with Gasteiger partial charge in [-0.15, -0.1) is 0 Å². The first kappa shape index (κ1) is 36.7. The molecule has 1 aliphatic carbocycles. The number of amides is 4. The molecule has 0 aromatic carbocycles. The molecule has 1 aliphatic heterocycles. The van der Waals surface area contributed by atoms with E-state index in [0.717, 1.165) is 32.1 Å². The maximum atomic E-state index is 14.0. The SMILES string of the molecule is CC(C)COC(=O)N1C[C@H](NC(=O)[C@@H](NC(=O)[C@@H](NC(=O)c2cnccn2)C2CCCCC2)C(C)(C)C)[C@H](C(=O)OC(C)(C)C)C1. The minimum atomic E-state index is -1.03. The highest BCUT2D eigenvalue weighted by Crippen LogP contribution is 2.28. The first-order valence-electron chi connectivity index (χ1n) is 16.3. The number of carbonyl (C=O) groups excluding carboxylic acids is 5. The molecule has 3 rings (SSSR count). The van der Waals surface area contributed by atoms with E-state index < -0.39 is 64.8 Å². The van der Waals surface area contributed by atoms with Gasteiger partial charge in [0.05, 0.1) is 24.8 Å². The monoisotopic (exact) mass is 644 g/mol. The van der Waals surface area contributed by atoms with E-state index in [1.165, 1.54) is 23.5 Å². The van der Waals surface area contributed by atoms with Crippen molar-refractivity contribution in [1.82, 2.24) is 30.8 Å². The van der Waals surface area contributed by atoms with Crippen molar-refractivity contribution < 1.29 is 33.4 Å². The summed E-state index contributed by atoms with van der Waals surface area (Å²) < 4.78 is 11.0. The molecular formula is C33H52N6O7. The van der Waals surface area contributed by atoms with Crippen molar-refractivity contribution in [2.75, 3.05) is 19.7 Å². The number of ether oxygens (including phenoxy) is 2. The summed E-state index contributed by atoms with van der Waals surface area (Å²) in [7, 11) is 0. The smallest absolute Gasteiger partial charge is 0.409 e. The van der Waals surface area contributed by atoms with E-state index in [1.54, 1.807) is 20.8 Å². The largest absolute Gasteiger partial charge is 0.460 e. The standard InChI is InChI=1S/C33H52N6O7/c1-20(2)19-45-31(44)39-17-22(30(43)46-33(6,7)8)24(18-39)36-29(42)26(32(3,4)5)38-28(41)25(21-12-10-9-11-13-21)37-27(40)23-16-34-14-15-35-23/h14-16,20-22,24-26H,9-13,17-19H2,1-8H3,(H,36,42)(H,37,40)(H,38,41)/t22-,24+,25+,26-/m1/s1. The third kappa shape index (κ3) is 10.7. The molecule has 3 N–H and O–H groups in total. The number of aromatic nitrogens is 2. The van der Waals surface area contributed by atoms with Crippen LogP contribution in [-0.4, -0.2) is 88.1 Å². The van der Waals surface area contributed by atoms with Crippen LogP contribution in [0.25, 0.3) is 0 Å². The molecule has 1 aromatic heterocycles. The summed E-state index contributed by atoms with van der Waals surface area (Å²) in [6, 6.07) is -2.69. The van der Waals surface area contributed by atoms with Gasteiger partial charge in [0.1, 0.15) is 23.4 Å². The number of esters is 1. The molecule has 1 saturated heterocycles. The molecule has 256 valence electrons. The number of hydrogen-bond donors (Lipinski definition) is 3. The summed E-state index contributed by atoms with van der Waals surface area (Å²) in [6.07, 6.45) is 8.06. The number of hydrogen-bond acceptors (Lipinski definition) is 9. The molecule has 2 heterocycles. The zero-order chi connectivity index (χ0) is 34.2. The van der Waals surface area contributed by atoms with Gasteiger partial charge in [0.2, 0.25) is 11.8 Å². The summed E-state index contributed by atoms with van der Waals surface area (Å²) in [5.74, 6) is -2.89. The fourth-order valence-electron chi connectivity index (χ4n) is 5.71. The van der Waals surface area contributed by atoms with Crippen LogP contribution in [-0.2, 0) is 23.9 Å². The fraction of sp³-hybridized carbons (Fsp3) is 0.727. The Hall–Kier alpha value is -3.77. The molecule has 0 spiro atoms. The van der Waals surface area contributed by atoms with Crippen LogP contribution in [0.4, 0.5) is 4.79 Å². The number of likely N-dealkylation sites (tertiary alicyclic amines) is 1. The van der Waals surface area contributed by atoms with Crippen molar-refractivity contribution in [3.05, 3.63) is 24.3 Å². The van der Waals surface area contributed by atoms with Crippen LogP contribution in [0.2, 0.25) is 0 Å². The van der Waals surface area contributed by atoms with E-state index in [1.807, 2.05) is 34.6 Å². The molecule has 2 aliphatic rings. The van der Waals surface area contributed by atoms with E-state index in [4.69, 9.17) is 9.47 Å². The molecule has 0 radical (unpaired) electrons. The highest BCUT2D eigenvalue weighted by atomic mass is 16.6. The molecule has 1 aromatic rings. The second-order valence-corrected chi connectivity index (χ2v) is 14.9. The average Bonchev–Trinajstić information content (AvgIpc) is 3.40. The van der Waals surface area contributed by atoms with Crippen molar-refractivity contribution in [3.63, 3.8) is 0 Å². The normalized spacial score (nSPS) is 20.4. The molecule has 4 atom stereocenters. The van der Waals surface area contributed by atoms with Crippen LogP contribution in [0, 0.1) is 23.2 Å². The number of nitrogens with zero attached hydrogens (tertiary/aromatic N) is 3. The van der Waals surface area contributed by atoms with Gasteiger partial charge >= 0.3 is 12.1 Å². The minimum absolute atomic E-state index is 0.0154. The summed E-state index contributed by atoms with van der Waals surface area (Å²) in [4.78, 5) is 76.4. The molecule has 1 saturated carbocycles. The number of carbonyl (C=O) groups is 5. The van der Waals surface area contributed by atoms with Gasteiger partial charge in [-0.3, -0.25) is 24.2 Å². The van der Waals surface area contributed by atoms with E-state index in [-0.39, 0.29) is 37.2 Å². The Balaban J connectivity index is 1.81. The van der Waals surface area contributed by atoms with E-state index in [0.29, 0.717) is 0 Å². The fourth-order valence-corrected chi connectivity index (χ4v) is 5.71. The average molecular weight is 645 g/mol. The molecule has 0 bridgehead atoms. The lowest BCUT2D eigenvalue weighted by molar-refractivity contribution is -0.160. The van der Waals surface area contributed by atoms with Gasteiger partial charge in [-0.1, -0.05) is 53.9 Å². The third-order valence-corrected chi connectivity index (χ3v) is 8.06. The van der Waals surface area contributed by atoms with Crippen LogP contribution < -0.4 is 16.0 Å². The van der Waals surface area contributed by atoms with Crippen LogP contribution in [0.5, 0.6) is 0 Å². The zero-order valence-electron chi connectivity index (χ0n) is 28.6. The Morgan fingerprint density at radius 1 is 0.935 bits per heavy atom. The molecule has 46 heavy (non-hydrogen) atoms. The maximum absolute atomic E-state index is 14.0. The van der Waals surface area contributed by atoms with Gasteiger partial charge in [0, 0.05) is 25.5 Å². The Bertz CT molecular complexity index is 1220. The van der Waals surface area contributed by atoms with Gasteiger partial charge in [-0.25, -0.2) is 9.78 Å². The molecule has 0 unspecified atom stereocenters. The predicted molar refractivity (Wildman–Crippen MR) is 170 cm³/mol. The van der Waals surface area contributed by atoms with E-state index in [2.05, 4.69) is 25.9 Å². The highest BCUT2D eigenvalue weighted by Gasteiger charge is 2.45. The molecule has 4 amide bonds. The van der Waals surface area contributed by atoms with Crippen LogP contribution >= 0.6 is 0 Å². The molecule has 13 heteroatoms. The lowest BCUT2D eigenvalue weighted by Crippen LogP contribution is -2.61. The Morgan fingerprint density at radius 2 is 1.61 bits per heavy atom. The lowest BCUT2D eigenvalue weighted by Gasteiger charge is -2.35. The lowest BCUT2D eigenvalue weighted by atomic mass is 9.82. The number of nitrogens with one attached hydrogen (secondary N) is 3. The Labute approximate surface area is 272 Å². The summed E-state index contributed by atoms with van der Waals surface area (Å²) in [6.45, 7) is 14.8. The Kier molecular flexibility index (Phi) is 12.5. The van der Waals surface area contributed by atoms with Crippen LogP contribution in [0.3, 0.4) is 0 Å². The quantitative estimate of drug-likeness (QED) is 0.324. The van der Waals surface area contributed by atoms with Gasteiger partial charge in [-0.2, -0.15) is 0 Å². The Morgan fingerprint density at radius 3 is 2.17 bits per heavy atom. The van der Waals surface area contributed by atoms with Crippen LogP contribution in [0.1, 0.15) is 98.0 Å². The summed E-state index contributed by atoms with van der Waals surface area (Å²) >= 11 is 0. The number of rotatable bonds is 10. The van der Waals surface area contributed by atoms with Gasteiger partial charge in [0.15, 0.2) is 0 Å². The van der Waals surface area contributed by atoms with Crippen molar-refractivity contribution in [3.8, 4) is 0 Å². The predicted octanol–water partition coefficient (Wildman–Crippen LogP) is 3.24. The second-order valence-electron chi connectivity index (χ2n) is 14.9. The molecular weight excluding hydrogens is 592 g/mol. The van der Waals surface area contributed by atoms with Crippen molar-refractivity contribution in [2.24, 2.45) is 23.2 Å². The van der Waals surface area contributed by atoms with Gasteiger partial charge < -0.3 is 30.3 Å². The highest BCUT2D eigenvalue weighted by molar-refractivity contribution is 5.97. The van der Waals surface area contributed by atoms with Gasteiger partial charge in [0.25, 0.3) is 5.91 Å². The second kappa shape index (κ2) is 15.7. The molecule has 13 nitrogen and oxygen atoms in total. The summed E-state index contributed by atoms with van der Waals surface area (Å²) in [5, 5.41) is 8.69. The van der Waals surface area contributed by atoms with Crippen molar-refractivity contribution in [1.29, 1.82) is 0 Å². The zero-order valence-corrected chi connectivity index (χ0v) is 28.6. The van der Waals surface area contributed by atoms with Crippen LogP contribution in [0.15, 0.2) is 18.6 Å². The first-order chi connectivity index (χ1) is 21.5. The third-order valence-electron chi connectivity index (χ3n) is 8.06. The van der Waals surface area contributed by atoms with E-state index in [9.17, 15) is 24.0 Å². The van der Waals surface area contributed by atoms with E-state index >= 15 is 0 Å². The minimum Gasteiger partial charge on any atom is -0.460 e. The van der Waals surface area contributed by atoms with Gasteiger partial charge in [-0.05, 0) is 50.9 Å². The first-order valence-corrected chi connectivity index (χ1v) is 16.3. The molecule has 2 fully saturated rings.